The van der Waals surface area contributed by atoms with Crippen LogP contribution in [-0.4, -0.2) is 38.5 Å². The molecule has 0 amide bonds. The van der Waals surface area contributed by atoms with Crippen LogP contribution in [0.4, 0.5) is 0 Å². The average molecular weight is 226 g/mol. The Morgan fingerprint density at radius 3 is 2.81 bits per heavy atom. The molecular weight excluding hydrogens is 208 g/mol. The van der Waals surface area contributed by atoms with Crippen molar-refractivity contribution in [3.05, 3.63) is 24.0 Å². The third-order valence-electron chi connectivity index (χ3n) is 1.96. The molecule has 0 aromatic carbocycles. The van der Waals surface area contributed by atoms with Crippen LogP contribution >= 0.6 is 0 Å². The van der Waals surface area contributed by atoms with Gasteiger partial charge in [0.15, 0.2) is 0 Å². The molecule has 0 atom stereocenters. The van der Waals surface area contributed by atoms with Crippen LogP contribution in [0.25, 0.3) is 0 Å². The third kappa shape index (κ3) is 4.57. The molecule has 0 fully saturated rings. The van der Waals surface area contributed by atoms with Crippen LogP contribution in [0.15, 0.2) is 18.3 Å². The number of rotatable bonds is 8. The molecule has 0 saturated heterocycles. The van der Waals surface area contributed by atoms with Crippen LogP contribution in [-0.2, 0) is 16.0 Å². The van der Waals surface area contributed by atoms with Gasteiger partial charge in [-0.25, -0.2) is 0 Å². The Morgan fingerprint density at radius 2 is 2.06 bits per heavy atom. The van der Waals surface area contributed by atoms with E-state index in [1.807, 2.05) is 12.1 Å². The maximum Gasteiger partial charge on any atom is 0.142 e. The Labute approximate surface area is 95.5 Å². The van der Waals surface area contributed by atoms with E-state index in [1.165, 1.54) is 0 Å². The maximum atomic E-state index is 5.53. The van der Waals surface area contributed by atoms with Gasteiger partial charge in [0.05, 0.1) is 25.5 Å². The molecule has 5 nitrogen and oxygen atoms in total. The van der Waals surface area contributed by atoms with Crippen LogP contribution in [0.5, 0.6) is 5.75 Å². The number of hydrogen-bond donors (Lipinski definition) is 1. The molecule has 0 aliphatic rings. The lowest BCUT2D eigenvalue weighted by atomic mass is 10.3. The highest BCUT2D eigenvalue weighted by Gasteiger charge is 2.01. The first kappa shape index (κ1) is 12.9. The van der Waals surface area contributed by atoms with E-state index >= 15 is 0 Å². The van der Waals surface area contributed by atoms with Gasteiger partial charge in [-0.15, -0.1) is 0 Å². The minimum Gasteiger partial charge on any atom is -0.489 e. The van der Waals surface area contributed by atoms with Gasteiger partial charge in [0, 0.05) is 19.9 Å². The highest BCUT2D eigenvalue weighted by atomic mass is 16.5. The number of hydrogen-bond acceptors (Lipinski definition) is 5. The highest BCUT2D eigenvalue weighted by molar-refractivity contribution is 5.26. The van der Waals surface area contributed by atoms with Gasteiger partial charge in [0.25, 0.3) is 0 Å². The number of nitrogens with two attached hydrogens (primary N) is 1. The smallest absolute Gasteiger partial charge is 0.142 e. The molecule has 16 heavy (non-hydrogen) atoms. The van der Waals surface area contributed by atoms with Gasteiger partial charge >= 0.3 is 0 Å². The summed E-state index contributed by atoms with van der Waals surface area (Å²) in [5, 5.41) is 0. The van der Waals surface area contributed by atoms with Gasteiger partial charge in [0.1, 0.15) is 12.4 Å². The van der Waals surface area contributed by atoms with Crippen LogP contribution in [0.1, 0.15) is 5.69 Å². The molecule has 5 heteroatoms. The molecule has 0 spiro atoms. The van der Waals surface area contributed by atoms with E-state index in [0.717, 1.165) is 11.4 Å². The quantitative estimate of drug-likeness (QED) is 0.657. The van der Waals surface area contributed by atoms with Crippen molar-refractivity contribution in [1.82, 2.24) is 4.98 Å². The molecule has 0 radical (unpaired) electrons. The predicted octanol–water partition coefficient (Wildman–Crippen LogP) is 0.582. The van der Waals surface area contributed by atoms with Crippen molar-refractivity contribution in [2.24, 2.45) is 5.73 Å². The van der Waals surface area contributed by atoms with Crippen molar-refractivity contribution in [2.75, 3.05) is 33.5 Å². The normalized spacial score (nSPS) is 10.4. The van der Waals surface area contributed by atoms with Gasteiger partial charge in [-0.1, -0.05) is 0 Å². The van der Waals surface area contributed by atoms with Gasteiger partial charge in [-0.2, -0.15) is 0 Å². The number of methoxy groups -OCH3 is 1. The summed E-state index contributed by atoms with van der Waals surface area (Å²) >= 11 is 0. The second kappa shape index (κ2) is 8.04. The van der Waals surface area contributed by atoms with Crippen LogP contribution in [0.3, 0.4) is 0 Å². The molecule has 0 saturated carbocycles. The fraction of sp³-hybridized carbons (Fsp3) is 0.545. The fourth-order valence-corrected chi connectivity index (χ4v) is 1.16. The topological polar surface area (TPSA) is 66.6 Å². The SMILES string of the molecule is COCCOCCOc1cccnc1CN. The van der Waals surface area contributed by atoms with Crippen molar-refractivity contribution in [2.45, 2.75) is 6.54 Å². The van der Waals surface area contributed by atoms with Gasteiger partial charge in [-0.3, -0.25) is 4.98 Å². The van der Waals surface area contributed by atoms with E-state index in [-0.39, 0.29) is 0 Å². The lowest BCUT2D eigenvalue weighted by molar-refractivity contribution is 0.0542. The van der Waals surface area contributed by atoms with Crippen molar-refractivity contribution in [3.8, 4) is 5.75 Å². The number of ether oxygens (including phenoxy) is 3. The van der Waals surface area contributed by atoms with Crippen LogP contribution in [0.2, 0.25) is 0 Å². The monoisotopic (exact) mass is 226 g/mol. The molecule has 0 bridgehead atoms. The zero-order valence-electron chi connectivity index (χ0n) is 9.52. The molecule has 1 aromatic rings. The van der Waals surface area contributed by atoms with Crippen LogP contribution < -0.4 is 10.5 Å². The summed E-state index contributed by atoms with van der Waals surface area (Å²) in [5.74, 6) is 0.723. The second-order valence-corrected chi connectivity index (χ2v) is 3.11. The maximum absolute atomic E-state index is 5.53. The van der Waals surface area contributed by atoms with Crippen molar-refractivity contribution in [1.29, 1.82) is 0 Å². The summed E-state index contributed by atoms with van der Waals surface area (Å²) in [4.78, 5) is 4.11. The summed E-state index contributed by atoms with van der Waals surface area (Å²) < 4.78 is 15.6. The van der Waals surface area contributed by atoms with E-state index in [1.54, 1.807) is 13.3 Å². The summed E-state index contributed by atoms with van der Waals surface area (Å²) in [5.41, 5.74) is 6.29. The molecule has 0 unspecified atom stereocenters. The van der Waals surface area contributed by atoms with Gasteiger partial charge < -0.3 is 19.9 Å². The first-order valence-electron chi connectivity index (χ1n) is 5.22. The molecule has 90 valence electrons. The molecule has 1 rings (SSSR count). The van der Waals surface area contributed by atoms with E-state index in [9.17, 15) is 0 Å². The molecule has 0 aliphatic heterocycles. The minimum atomic E-state index is 0.376. The zero-order valence-corrected chi connectivity index (χ0v) is 9.52. The molecule has 1 aromatic heterocycles. The first-order valence-corrected chi connectivity index (χ1v) is 5.22. The Balaban J connectivity index is 2.21. The Kier molecular flexibility index (Phi) is 6.48. The van der Waals surface area contributed by atoms with E-state index < -0.39 is 0 Å². The van der Waals surface area contributed by atoms with E-state index in [4.69, 9.17) is 19.9 Å². The van der Waals surface area contributed by atoms with Crippen LogP contribution in [0, 0.1) is 0 Å². The predicted molar refractivity (Wildman–Crippen MR) is 60.3 cm³/mol. The van der Waals surface area contributed by atoms with Crippen molar-refractivity contribution < 1.29 is 14.2 Å². The Morgan fingerprint density at radius 1 is 1.25 bits per heavy atom. The van der Waals surface area contributed by atoms with Gasteiger partial charge in [0.2, 0.25) is 0 Å². The summed E-state index contributed by atoms with van der Waals surface area (Å²) in [6.45, 7) is 2.57. The molecule has 2 N–H and O–H groups in total. The van der Waals surface area contributed by atoms with Crippen molar-refractivity contribution >= 4 is 0 Å². The summed E-state index contributed by atoms with van der Waals surface area (Å²) in [6, 6.07) is 3.67. The van der Waals surface area contributed by atoms with E-state index in [2.05, 4.69) is 4.98 Å². The second-order valence-electron chi connectivity index (χ2n) is 3.11. The highest BCUT2D eigenvalue weighted by Crippen LogP contribution is 2.13. The van der Waals surface area contributed by atoms with Crippen molar-refractivity contribution in [3.63, 3.8) is 0 Å². The molecular formula is C11H18N2O3. The Bertz CT molecular complexity index is 294. The zero-order chi connectivity index (χ0) is 11.6. The molecule has 0 aliphatic carbocycles. The Hall–Kier alpha value is -1.17. The van der Waals surface area contributed by atoms with E-state index in [0.29, 0.717) is 33.0 Å². The minimum absolute atomic E-state index is 0.376. The fourth-order valence-electron chi connectivity index (χ4n) is 1.16. The third-order valence-corrected chi connectivity index (χ3v) is 1.96. The first-order chi connectivity index (χ1) is 7.88. The number of pyridine rings is 1. The number of nitrogens with zero attached hydrogens (tertiary/aromatic N) is 1. The largest absolute Gasteiger partial charge is 0.489 e. The summed E-state index contributed by atoms with van der Waals surface area (Å²) in [7, 11) is 1.64. The standard InChI is InChI=1S/C11H18N2O3/c1-14-5-6-15-7-8-16-11-3-2-4-13-10(11)9-12/h2-4H,5-9,12H2,1H3. The summed E-state index contributed by atoms with van der Waals surface area (Å²) in [6.07, 6.45) is 1.70. The van der Waals surface area contributed by atoms with Gasteiger partial charge in [-0.05, 0) is 12.1 Å². The number of aromatic nitrogens is 1. The average Bonchev–Trinajstić information content (AvgIpc) is 2.34. The molecule has 1 heterocycles. The lowest BCUT2D eigenvalue weighted by Gasteiger charge is -2.09. The lowest BCUT2D eigenvalue weighted by Crippen LogP contribution is -2.11.